The molecule has 0 aromatic heterocycles. The summed E-state index contributed by atoms with van der Waals surface area (Å²) in [5, 5.41) is 3.40. The minimum absolute atomic E-state index is 0.212. The van der Waals surface area contributed by atoms with Crippen molar-refractivity contribution < 1.29 is 4.39 Å². The van der Waals surface area contributed by atoms with Crippen molar-refractivity contribution in [2.75, 3.05) is 0 Å². The molecule has 3 heteroatoms. The van der Waals surface area contributed by atoms with Gasteiger partial charge in [-0.3, -0.25) is 0 Å². The lowest BCUT2D eigenvalue weighted by Crippen LogP contribution is -2.30. The smallest absolute Gasteiger partial charge is 0.137 e. The highest BCUT2D eigenvalue weighted by Crippen LogP contribution is 2.16. The molecule has 0 amide bonds. The van der Waals surface area contributed by atoms with Crippen LogP contribution in [0.4, 0.5) is 4.39 Å². The lowest BCUT2D eigenvalue weighted by molar-refractivity contribution is 0.426. The highest BCUT2D eigenvalue weighted by atomic mass is 79.9. The summed E-state index contributed by atoms with van der Waals surface area (Å²) in [6.07, 6.45) is 0. The third-order valence-corrected chi connectivity index (χ3v) is 3.22. The topological polar surface area (TPSA) is 12.0 Å². The highest BCUT2D eigenvalue weighted by molar-refractivity contribution is 9.10. The molecule has 0 aliphatic heterocycles. The van der Waals surface area contributed by atoms with Crippen molar-refractivity contribution in [2.45, 2.75) is 33.4 Å². The zero-order valence-corrected chi connectivity index (χ0v) is 10.9. The van der Waals surface area contributed by atoms with Gasteiger partial charge in [0.25, 0.3) is 0 Å². The standard InChI is InChI=1S/C12H17BrFN/c1-8(2)9(3)15-7-10-4-5-12(14)11(13)6-10/h4-6,8-9,15H,7H2,1-3H3/t9-/m0/s1. The molecule has 0 saturated heterocycles. The second-order valence-corrected chi connectivity index (χ2v) is 5.02. The molecule has 0 saturated carbocycles. The minimum atomic E-state index is -0.212. The van der Waals surface area contributed by atoms with Crippen LogP contribution in [-0.2, 0) is 6.54 Å². The molecule has 0 bridgehead atoms. The molecule has 0 heterocycles. The predicted molar refractivity (Wildman–Crippen MR) is 65.2 cm³/mol. The summed E-state index contributed by atoms with van der Waals surface area (Å²) in [6, 6.07) is 5.57. The summed E-state index contributed by atoms with van der Waals surface area (Å²) in [4.78, 5) is 0. The van der Waals surface area contributed by atoms with Crippen LogP contribution in [0.5, 0.6) is 0 Å². The fourth-order valence-electron chi connectivity index (χ4n) is 1.16. The molecule has 0 radical (unpaired) electrons. The Labute approximate surface area is 99.2 Å². The Morgan fingerprint density at radius 2 is 2.00 bits per heavy atom. The van der Waals surface area contributed by atoms with E-state index in [0.717, 1.165) is 12.1 Å². The Hall–Kier alpha value is -0.410. The van der Waals surface area contributed by atoms with Crippen molar-refractivity contribution >= 4 is 15.9 Å². The van der Waals surface area contributed by atoms with E-state index >= 15 is 0 Å². The molecule has 0 aliphatic carbocycles. The van der Waals surface area contributed by atoms with Crippen molar-refractivity contribution in [3.05, 3.63) is 34.1 Å². The molecule has 1 rings (SSSR count). The van der Waals surface area contributed by atoms with E-state index in [9.17, 15) is 4.39 Å². The average Bonchev–Trinajstić information content (AvgIpc) is 2.19. The summed E-state index contributed by atoms with van der Waals surface area (Å²) < 4.78 is 13.5. The van der Waals surface area contributed by atoms with E-state index in [4.69, 9.17) is 0 Å². The summed E-state index contributed by atoms with van der Waals surface area (Å²) in [7, 11) is 0. The van der Waals surface area contributed by atoms with Crippen LogP contribution in [0.3, 0.4) is 0 Å². The summed E-state index contributed by atoms with van der Waals surface area (Å²) in [5.41, 5.74) is 1.09. The van der Waals surface area contributed by atoms with E-state index < -0.39 is 0 Å². The van der Waals surface area contributed by atoms with Crippen LogP contribution in [0.25, 0.3) is 0 Å². The van der Waals surface area contributed by atoms with Gasteiger partial charge in [0.05, 0.1) is 4.47 Å². The van der Waals surface area contributed by atoms with Gasteiger partial charge in [-0.25, -0.2) is 4.39 Å². The van der Waals surface area contributed by atoms with Crippen molar-refractivity contribution in [3.8, 4) is 0 Å². The van der Waals surface area contributed by atoms with Gasteiger partial charge in [-0.15, -0.1) is 0 Å². The molecule has 84 valence electrons. The first-order valence-corrected chi connectivity index (χ1v) is 5.97. The first-order valence-electron chi connectivity index (χ1n) is 5.18. The maximum Gasteiger partial charge on any atom is 0.137 e. The number of hydrogen-bond acceptors (Lipinski definition) is 1. The predicted octanol–water partition coefficient (Wildman–Crippen LogP) is 3.72. The maximum atomic E-state index is 13.0. The van der Waals surface area contributed by atoms with Gasteiger partial charge in [0, 0.05) is 12.6 Å². The number of benzene rings is 1. The van der Waals surface area contributed by atoms with Gasteiger partial charge in [-0.05, 0) is 46.5 Å². The van der Waals surface area contributed by atoms with Crippen molar-refractivity contribution in [1.82, 2.24) is 5.32 Å². The zero-order chi connectivity index (χ0) is 11.4. The van der Waals surface area contributed by atoms with Crippen LogP contribution >= 0.6 is 15.9 Å². The van der Waals surface area contributed by atoms with Crippen LogP contribution in [0.2, 0.25) is 0 Å². The molecule has 15 heavy (non-hydrogen) atoms. The average molecular weight is 274 g/mol. The van der Waals surface area contributed by atoms with Gasteiger partial charge in [-0.2, -0.15) is 0 Å². The molecule has 1 atom stereocenters. The summed E-state index contributed by atoms with van der Waals surface area (Å²) in [6.45, 7) is 7.29. The highest BCUT2D eigenvalue weighted by Gasteiger charge is 2.06. The van der Waals surface area contributed by atoms with E-state index in [1.54, 1.807) is 6.07 Å². The van der Waals surface area contributed by atoms with Crippen molar-refractivity contribution in [1.29, 1.82) is 0 Å². The monoisotopic (exact) mass is 273 g/mol. The Morgan fingerprint density at radius 1 is 1.33 bits per heavy atom. The first-order chi connectivity index (χ1) is 7.00. The van der Waals surface area contributed by atoms with Gasteiger partial charge in [0.1, 0.15) is 5.82 Å². The van der Waals surface area contributed by atoms with Gasteiger partial charge in [0.15, 0.2) is 0 Å². The summed E-state index contributed by atoms with van der Waals surface area (Å²) in [5.74, 6) is 0.393. The molecule has 0 unspecified atom stereocenters. The number of hydrogen-bond donors (Lipinski definition) is 1. The second-order valence-electron chi connectivity index (χ2n) is 4.16. The SMILES string of the molecule is CC(C)[C@H](C)NCc1ccc(F)c(Br)c1. The fourth-order valence-corrected chi connectivity index (χ4v) is 1.59. The second kappa shape index (κ2) is 5.61. The third kappa shape index (κ3) is 3.92. The Kier molecular flexibility index (Phi) is 4.74. The van der Waals surface area contributed by atoms with E-state index in [1.165, 1.54) is 6.07 Å². The number of rotatable bonds is 4. The Morgan fingerprint density at radius 3 is 2.53 bits per heavy atom. The van der Waals surface area contributed by atoms with Crippen molar-refractivity contribution in [3.63, 3.8) is 0 Å². The lowest BCUT2D eigenvalue weighted by Gasteiger charge is -2.17. The van der Waals surface area contributed by atoms with Gasteiger partial charge < -0.3 is 5.32 Å². The quantitative estimate of drug-likeness (QED) is 0.882. The summed E-state index contributed by atoms with van der Waals surface area (Å²) >= 11 is 3.18. The largest absolute Gasteiger partial charge is 0.310 e. The van der Waals surface area contributed by atoms with Gasteiger partial charge in [0.2, 0.25) is 0 Å². The fraction of sp³-hybridized carbons (Fsp3) is 0.500. The molecule has 1 aromatic rings. The van der Waals surface area contributed by atoms with Crippen LogP contribution in [-0.4, -0.2) is 6.04 Å². The van der Waals surface area contributed by atoms with Gasteiger partial charge >= 0.3 is 0 Å². The Bertz CT molecular complexity index is 325. The molecule has 0 spiro atoms. The van der Waals surface area contributed by atoms with Crippen LogP contribution in [0, 0.1) is 11.7 Å². The molecular weight excluding hydrogens is 257 g/mol. The molecule has 1 nitrogen and oxygen atoms in total. The molecule has 1 aromatic carbocycles. The zero-order valence-electron chi connectivity index (χ0n) is 9.35. The van der Waals surface area contributed by atoms with E-state index in [2.05, 4.69) is 42.0 Å². The van der Waals surface area contributed by atoms with Crippen LogP contribution in [0.15, 0.2) is 22.7 Å². The normalized spacial score (nSPS) is 13.2. The third-order valence-electron chi connectivity index (χ3n) is 2.61. The Balaban J connectivity index is 2.55. The first kappa shape index (κ1) is 12.7. The molecule has 0 aliphatic rings. The van der Waals surface area contributed by atoms with Gasteiger partial charge in [-0.1, -0.05) is 19.9 Å². The molecule has 0 fully saturated rings. The molecule has 1 N–H and O–H groups in total. The van der Waals surface area contributed by atoms with Crippen molar-refractivity contribution in [2.24, 2.45) is 5.92 Å². The van der Waals surface area contributed by atoms with Crippen LogP contribution < -0.4 is 5.32 Å². The molecular formula is C12H17BrFN. The number of nitrogens with one attached hydrogen (secondary N) is 1. The van der Waals surface area contributed by atoms with E-state index in [-0.39, 0.29) is 5.82 Å². The minimum Gasteiger partial charge on any atom is -0.310 e. The van der Waals surface area contributed by atoms with Crippen LogP contribution in [0.1, 0.15) is 26.3 Å². The van der Waals surface area contributed by atoms with E-state index in [1.807, 2.05) is 6.07 Å². The lowest BCUT2D eigenvalue weighted by atomic mass is 10.1. The number of halogens is 2. The maximum absolute atomic E-state index is 13.0. The van der Waals surface area contributed by atoms with E-state index in [0.29, 0.717) is 16.4 Å².